The highest BCUT2D eigenvalue weighted by atomic mass is 35.5. The number of methoxy groups -OCH3 is 2. The van der Waals surface area contributed by atoms with Crippen molar-refractivity contribution in [2.24, 2.45) is 11.8 Å². The molecule has 4 heterocycles. The maximum atomic E-state index is 11.5. The first-order valence-corrected chi connectivity index (χ1v) is 16.7. The molecular weight excluding hydrogens is 651 g/mol. The van der Waals surface area contributed by atoms with Crippen LogP contribution in [0.4, 0.5) is 0 Å². The quantitative estimate of drug-likeness (QED) is 0.150. The van der Waals surface area contributed by atoms with E-state index in [4.69, 9.17) is 42.6 Å². The van der Waals surface area contributed by atoms with Crippen LogP contribution in [-0.4, -0.2) is 62.2 Å². The van der Waals surface area contributed by atoms with E-state index in [0.717, 1.165) is 46.5 Å². The highest BCUT2D eigenvalue weighted by Gasteiger charge is 2.23. The number of ether oxygens (including phenoxy) is 2. The number of nitrogens with one attached hydrogen (secondary N) is 4. The van der Waals surface area contributed by atoms with Gasteiger partial charge in [-0.3, -0.25) is 9.59 Å². The lowest BCUT2D eigenvalue weighted by molar-refractivity contribution is -0.120. The van der Waals surface area contributed by atoms with Crippen LogP contribution >= 0.6 is 23.2 Å². The van der Waals surface area contributed by atoms with E-state index in [1.807, 2.05) is 60.7 Å². The molecule has 2 aliphatic heterocycles. The van der Waals surface area contributed by atoms with Crippen LogP contribution in [0.5, 0.6) is 11.8 Å². The Labute approximate surface area is 289 Å². The molecule has 2 fully saturated rings. The summed E-state index contributed by atoms with van der Waals surface area (Å²) >= 11 is 14.1. The third kappa shape index (κ3) is 7.57. The Morgan fingerprint density at radius 2 is 1.08 bits per heavy atom. The largest absolute Gasteiger partial charge is 0.481 e. The molecule has 0 bridgehead atoms. The average Bonchev–Trinajstić information content (AvgIpc) is 3.72. The summed E-state index contributed by atoms with van der Waals surface area (Å²) < 4.78 is 11.3. The van der Waals surface area contributed by atoms with Gasteiger partial charge in [0.25, 0.3) is 0 Å². The van der Waals surface area contributed by atoms with Gasteiger partial charge in [-0.15, -0.1) is 0 Å². The SMILES string of the molecule is COc1nc(-c2cccc(-c3cccc(-c4ccc(CNC[C@@H]5CNC(=O)C5)c(OC)n4)c3Cl)c2Cl)ccc1CNC[C@@H]1CNC(=O)C1. The second-order valence-corrected chi connectivity index (χ2v) is 12.8. The predicted octanol–water partition coefficient (Wildman–Crippen LogP) is 5.25. The summed E-state index contributed by atoms with van der Waals surface area (Å²) in [4.78, 5) is 32.6. The molecule has 0 radical (unpaired) electrons. The summed E-state index contributed by atoms with van der Waals surface area (Å²) in [5.74, 6) is 1.77. The molecule has 0 spiro atoms. The van der Waals surface area contributed by atoms with Crippen molar-refractivity contribution in [2.75, 3.05) is 40.4 Å². The molecular formula is C36H38Cl2N6O4. The zero-order chi connectivity index (χ0) is 33.6. The lowest BCUT2D eigenvalue weighted by atomic mass is 9.98. The number of amides is 2. The molecule has 2 aromatic carbocycles. The third-order valence-electron chi connectivity index (χ3n) is 8.73. The second-order valence-electron chi connectivity index (χ2n) is 12.1. The zero-order valence-corrected chi connectivity index (χ0v) is 28.4. The lowest BCUT2D eigenvalue weighted by Crippen LogP contribution is -2.24. The van der Waals surface area contributed by atoms with E-state index in [1.54, 1.807) is 14.2 Å². The van der Waals surface area contributed by atoms with Crippen LogP contribution in [0.3, 0.4) is 0 Å². The topological polar surface area (TPSA) is 126 Å². The van der Waals surface area contributed by atoms with Gasteiger partial charge in [-0.25, -0.2) is 9.97 Å². The Morgan fingerprint density at radius 1 is 0.667 bits per heavy atom. The van der Waals surface area contributed by atoms with Crippen molar-refractivity contribution < 1.29 is 19.1 Å². The molecule has 48 heavy (non-hydrogen) atoms. The summed E-state index contributed by atoms with van der Waals surface area (Å²) in [5, 5.41) is 13.6. The summed E-state index contributed by atoms with van der Waals surface area (Å²) in [6.45, 7) is 3.97. The minimum atomic E-state index is 0.0984. The van der Waals surface area contributed by atoms with E-state index in [2.05, 4.69) is 21.3 Å². The van der Waals surface area contributed by atoms with Crippen LogP contribution in [0.15, 0.2) is 60.7 Å². The minimum Gasteiger partial charge on any atom is -0.481 e. The molecule has 0 saturated carbocycles. The fraction of sp³-hybridized carbons (Fsp3) is 0.333. The van der Waals surface area contributed by atoms with Gasteiger partial charge in [-0.1, -0.05) is 71.7 Å². The standard InChI is InChI=1S/C36H38Cl2N6O4/c1-47-35-23(19-39-15-21-13-31(45)41-17-21)9-11-29(43-35)27-7-3-5-25(33(27)37)26-6-4-8-28(34(26)38)30-12-10-24(36(44-30)48-2)20-40-16-22-14-32(46)42-18-22/h3-12,21-22,39-40H,13-20H2,1-2H3,(H,41,45)(H,42,46)/t21-,22-/m1/s1. The summed E-state index contributed by atoms with van der Waals surface area (Å²) in [5.41, 5.74) is 6.19. The summed E-state index contributed by atoms with van der Waals surface area (Å²) in [6, 6.07) is 19.4. The van der Waals surface area contributed by atoms with Crippen LogP contribution in [-0.2, 0) is 22.7 Å². The lowest BCUT2D eigenvalue weighted by Gasteiger charge is -2.16. The van der Waals surface area contributed by atoms with Crippen LogP contribution < -0.4 is 30.7 Å². The maximum Gasteiger partial charge on any atom is 0.220 e. The van der Waals surface area contributed by atoms with Crippen LogP contribution in [0, 0.1) is 11.8 Å². The fourth-order valence-corrected chi connectivity index (χ4v) is 6.83. The van der Waals surface area contributed by atoms with Crippen molar-refractivity contribution in [1.29, 1.82) is 0 Å². The van der Waals surface area contributed by atoms with E-state index < -0.39 is 0 Å². The van der Waals surface area contributed by atoms with Gasteiger partial charge in [0.05, 0.1) is 35.7 Å². The highest BCUT2D eigenvalue weighted by Crippen LogP contribution is 2.42. The Kier molecular flexibility index (Phi) is 10.8. The van der Waals surface area contributed by atoms with Gasteiger partial charge in [0.2, 0.25) is 23.6 Å². The molecule has 2 saturated heterocycles. The van der Waals surface area contributed by atoms with Crippen molar-refractivity contribution in [3.8, 4) is 45.4 Å². The first-order valence-electron chi connectivity index (χ1n) is 15.9. The fourth-order valence-electron chi connectivity index (χ4n) is 6.18. The monoisotopic (exact) mass is 688 g/mol. The zero-order valence-electron chi connectivity index (χ0n) is 26.9. The Morgan fingerprint density at radius 3 is 1.46 bits per heavy atom. The number of rotatable bonds is 13. The normalized spacial score (nSPS) is 17.3. The number of hydrogen-bond donors (Lipinski definition) is 4. The van der Waals surface area contributed by atoms with Crippen molar-refractivity contribution in [2.45, 2.75) is 25.9 Å². The highest BCUT2D eigenvalue weighted by molar-refractivity contribution is 6.39. The minimum absolute atomic E-state index is 0.0984. The molecule has 0 aliphatic carbocycles. The molecule has 2 atom stereocenters. The van der Waals surface area contributed by atoms with Crippen molar-refractivity contribution in [3.63, 3.8) is 0 Å². The van der Waals surface area contributed by atoms with E-state index in [-0.39, 0.29) is 23.7 Å². The number of carbonyl (C=O) groups is 2. The molecule has 2 aromatic heterocycles. The van der Waals surface area contributed by atoms with Gasteiger partial charge in [-0.2, -0.15) is 0 Å². The molecule has 10 nitrogen and oxygen atoms in total. The molecule has 2 aliphatic rings. The van der Waals surface area contributed by atoms with Gasteiger partial charge >= 0.3 is 0 Å². The number of carbonyl (C=O) groups excluding carboxylic acids is 2. The first-order chi connectivity index (χ1) is 23.3. The van der Waals surface area contributed by atoms with Crippen molar-refractivity contribution >= 4 is 35.0 Å². The molecule has 6 rings (SSSR count). The van der Waals surface area contributed by atoms with Gasteiger partial charge < -0.3 is 30.7 Å². The van der Waals surface area contributed by atoms with Gasteiger partial charge in [-0.05, 0) is 24.0 Å². The Hall–Kier alpha value is -4.22. The summed E-state index contributed by atoms with van der Waals surface area (Å²) in [7, 11) is 3.20. The van der Waals surface area contributed by atoms with E-state index in [0.29, 0.717) is 72.2 Å². The predicted molar refractivity (Wildman–Crippen MR) is 187 cm³/mol. The number of halogens is 2. The van der Waals surface area contributed by atoms with E-state index >= 15 is 0 Å². The molecule has 4 aromatic rings. The molecule has 4 N–H and O–H groups in total. The average molecular weight is 690 g/mol. The second kappa shape index (κ2) is 15.3. The van der Waals surface area contributed by atoms with Crippen molar-refractivity contribution in [3.05, 3.63) is 81.8 Å². The van der Waals surface area contributed by atoms with Crippen LogP contribution in [0.25, 0.3) is 33.6 Å². The molecule has 2 amide bonds. The molecule has 0 unspecified atom stereocenters. The van der Waals surface area contributed by atoms with E-state index in [1.165, 1.54) is 0 Å². The number of benzene rings is 2. The van der Waals surface area contributed by atoms with Crippen LogP contribution in [0.1, 0.15) is 24.0 Å². The summed E-state index contributed by atoms with van der Waals surface area (Å²) in [6.07, 6.45) is 1.09. The maximum absolute atomic E-state index is 11.5. The molecule has 250 valence electrons. The number of pyridine rings is 2. The van der Waals surface area contributed by atoms with Crippen molar-refractivity contribution in [1.82, 2.24) is 31.2 Å². The Bertz CT molecular complexity index is 1690. The van der Waals surface area contributed by atoms with Crippen LogP contribution in [0.2, 0.25) is 10.0 Å². The molecule has 12 heteroatoms. The number of hydrogen-bond acceptors (Lipinski definition) is 8. The Balaban J connectivity index is 1.20. The van der Waals surface area contributed by atoms with Gasteiger partial charge in [0.15, 0.2) is 0 Å². The van der Waals surface area contributed by atoms with Gasteiger partial charge in [0, 0.05) is 85.5 Å². The third-order valence-corrected chi connectivity index (χ3v) is 9.54. The first kappa shape index (κ1) is 33.7. The van der Waals surface area contributed by atoms with E-state index in [9.17, 15) is 9.59 Å². The number of nitrogens with zero attached hydrogens (tertiary/aromatic N) is 2. The van der Waals surface area contributed by atoms with Gasteiger partial charge in [0.1, 0.15) is 0 Å². The number of aromatic nitrogens is 2. The smallest absolute Gasteiger partial charge is 0.220 e.